The molecule has 166 valence electrons. The van der Waals surface area contributed by atoms with Gasteiger partial charge in [-0.05, 0) is 36.8 Å². The van der Waals surface area contributed by atoms with Crippen LogP contribution in [0, 0.1) is 0 Å². The zero-order valence-electron chi connectivity index (χ0n) is 18.2. The highest BCUT2D eigenvalue weighted by atomic mass is 16.5. The van der Waals surface area contributed by atoms with Crippen molar-refractivity contribution in [2.75, 3.05) is 14.2 Å². The molecular formula is C23H24N4O5. The SMILES string of the molecule is CCCCCn1c(=O)[nH]c2cc(-c3nc(-c4cc(OC)cc(OC)c4)no3)ccc2c1=O. The van der Waals surface area contributed by atoms with Crippen LogP contribution >= 0.6 is 0 Å². The molecule has 0 aliphatic rings. The van der Waals surface area contributed by atoms with Gasteiger partial charge in [0, 0.05) is 23.7 Å². The molecule has 32 heavy (non-hydrogen) atoms. The monoisotopic (exact) mass is 436 g/mol. The Morgan fingerprint density at radius 3 is 2.44 bits per heavy atom. The number of aromatic nitrogens is 4. The Labute approximate surface area is 183 Å². The van der Waals surface area contributed by atoms with Crippen LogP contribution in [0.5, 0.6) is 11.5 Å². The molecule has 2 heterocycles. The van der Waals surface area contributed by atoms with Gasteiger partial charge in [-0.2, -0.15) is 4.98 Å². The highest BCUT2D eigenvalue weighted by Gasteiger charge is 2.15. The van der Waals surface area contributed by atoms with Gasteiger partial charge in [0.1, 0.15) is 11.5 Å². The van der Waals surface area contributed by atoms with E-state index in [9.17, 15) is 9.59 Å². The van der Waals surface area contributed by atoms with Crippen molar-refractivity contribution in [1.82, 2.24) is 19.7 Å². The Kier molecular flexibility index (Phi) is 6.07. The number of aromatic amines is 1. The zero-order valence-corrected chi connectivity index (χ0v) is 18.2. The van der Waals surface area contributed by atoms with Crippen molar-refractivity contribution in [3.63, 3.8) is 0 Å². The molecule has 2 aromatic carbocycles. The van der Waals surface area contributed by atoms with Crippen molar-refractivity contribution < 1.29 is 14.0 Å². The summed E-state index contributed by atoms with van der Waals surface area (Å²) in [5.74, 6) is 1.82. The number of hydrogen-bond donors (Lipinski definition) is 1. The number of unbranched alkanes of at least 4 members (excludes halogenated alkanes) is 2. The predicted molar refractivity (Wildman–Crippen MR) is 120 cm³/mol. The second-order valence-corrected chi connectivity index (χ2v) is 7.38. The third kappa shape index (κ3) is 4.14. The number of fused-ring (bicyclic) bond motifs is 1. The fraction of sp³-hybridized carbons (Fsp3) is 0.304. The minimum atomic E-state index is -0.426. The first-order valence-corrected chi connectivity index (χ1v) is 10.4. The lowest BCUT2D eigenvalue weighted by atomic mass is 10.1. The van der Waals surface area contributed by atoms with Crippen molar-refractivity contribution in [2.24, 2.45) is 0 Å². The average Bonchev–Trinajstić information content (AvgIpc) is 3.31. The van der Waals surface area contributed by atoms with Crippen molar-refractivity contribution in [3.05, 3.63) is 57.2 Å². The number of ether oxygens (including phenoxy) is 2. The molecule has 2 aromatic heterocycles. The van der Waals surface area contributed by atoms with Crippen LogP contribution in [0.4, 0.5) is 0 Å². The van der Waals surface area contributed by atoms with Crippen molar-refractivity contribution in [3.8, 4) is 34.3 Å². The molecule has 0 bridgehead atoms. The maximum Gasteiger partial charge on any atom is 0.328 e. The summed E-state index contributed by atoms with van der Waals surface area (Å²) >= 11 is 0. The molecule has 4 rings (SSSR count). The average molecular weight is 436 g/mol. The summed E-state index contributed by atoms with van der Waals surface area (Å²) in [6.45, 7) is 2.47. The lowest BCUT2D eigenvalue weighted by molar-refractivity contribution is 0.394. The molecule has 0 amide bonds. The van der Waals surface area contributed by atoms with Gasteiger partial charge in [0.25, 0.3) is 11.4 Å². The Bertz CT molecular complexity index is 1350. The second-order valence-electron chi connectivity index (χ2n) is 7.38. The van der Waals surface area contributed by atoms with Crippen LogP contribution < -0.4 is 20.7 Å². The van der Waals surface area contributed by atoms with Crippen LogP contribution in [0.3, 0.4) is 0 Å². The van der Waals surface area contributed by atoms with Gasteiger partial charge in [-0.3, -0.25) is 9.36 Å². The molecule has 0 spiro atoms. The molecule has 0 saturated heterocycles. The van der Waals surface area contributed by atoms with Gasteiger partial charge < -0.3 is 19.0 Å². The van der Waals surface area contributed by atoms with Gasteiger partial charge in [0.2, 0.25) is 5.82 Å². The maximum atomic E-state index is 12.8. The summed E-state index contributed by atoms with van der Waals surface area (Å²) in [5.41, 5.74) is 0.948. The molecule has 0 unspecified atom stereocenters. The fourth-order valence-corrected chi connectivity index (χ4v) is 3.51. The van der Waals surface area contributed by atoms with E-state index in [4.69, 9.17) is 14.0 Å². The zero-order chi connectivity index (χ0) is 22.7. The van der Waals surface area contributed by atoms with E-state index in [2.05, 4.69) is 22.0 Å². The third-order valence-electron chi connectivity index (χ3n) is 5.25. The van der Waals surface area contributed by atoms with Crippen LogP contribution in [-0.4, -0.2) is 33.9 Å². The van der Waals surface area contributed by atoms with Crippen LogP contribution in [0.2, 0.25) is 0 Å². The molecule has 1 N–H and O–H groups in total. The Morgan fingerprint density at radius 2 is 1.75 bits per heavy atom. The first kappa shape index (κ1) is 21.4. The summed E-state index contributed by atoms with van der Waals surface area (Å²) in [5, 5.41) is 4.48. The van der Waals surface area contributed by atoms with Crippen molar-refractivity contribution in [1.29, 1.82) is 0 Å². The fourth-order valence-electron chi connectivity index (χ4n) is 3.51. The Hall–Kier alpha value is -3.88. The smallest absolute Gasteiger partial charge is 0.328 e. The number of nitrogens with one attached hydrogen (secondary N) is 1. The lowest BCUT2D eigenvalue weighted by Crippen LogP contribution is -2.35. The molecule has 0 fully saturated rings. The van der Waals surface area contributed by atoms with Crippen molar-refractivity contribution in [2.45, 2.75) is 32.7 Å². The maximum absolute atomic E-state index is 12.8. The molecule has 0 aliphatic carbocycles. The molecular weight excluding hydrogens is 412 g/mol. The van der Waals surface area contributed by atoms with Crippen LogP contribution in [-0.2, 0) is 6.54 Å². The van der Waals surface area contributed by atoms with Gasteiger partial charge in [-0.1, -0.05) is 24.9 Å². The summed E-state index contributed by atoms with van der Waals surface area (Å²) in [6.07, 6.45) is 2.75. The molecule has 0 radical (unpaired) electrons. The minimum absolute atomic E-state index is 0.261. The van der Waals surface area contributed by atoms with Gasteiger partial charge in [0.15, 0.2) is 0 Å². The summed E-state index contributed by atoms with van der Waals surface area (Å²) in [4.78, 5) is 32.5. The van der Waals surface area contributed by atoms with Crippen LogP contribution in [0.1, 0.15) is 26.2 Å². The molecule has 4 aromatic rings. The quantitative estimate of drug-likeness (QED) is 0.420. The van der Waals surface area contributed by atoms with E-state index in [0.717, 1.165) is 19.3 Å². The third-order valence-corrected chi connectivity index (χ3v) is 5.25. The molecule has 0 aliphatic heterocycles. The van der Waals surface area contributed by atoms with Crippen LogP contribution in [0.25, 0.3) is 33.7 Å². The van der Waals surface area contributed by atoms with E-state index in [1.165, 1.54) is 4.57 Å². The number of H-pyrrole nitrogens is 1. The first-order chi connectivity index (χ1) is 15.5. The highest BCUT2D eigenvalue weighted by molar-refractivity contribution is 5.82. The summed E-state index contributed by atoms with van der Waals surface area (Å²) in [7, 11) is 3.13. The normalized spacial score (nSPS) is 11.1. The summed E-state index contributed by atoms with van der Waals surface area (Å²) in [6, 6.07) is 10.4. The van der Waals surface area contributed by atoms with E-state index in [1.807, 2.05) is 0 Å². The molecule has 0 atom stereocenters. The van der Waals surface area contributed by atoms with Gasteiger partial charge in [0.05, 0.1) is 25.1 Å². The number of methoxy groups -OCH3 is 2. The number of hydrogen-bond acceptors (Lipinski definition) is 7. The van der Waals surface area contributed by atoms with Gasteiger partial charge >= 0.3 is 5.69 Å². The molecule has 9 heteroatoms. The number of benzene rings is 2. The standard InChI is InChI=1S/C23H24N4O5/c1-4-5-6-9-27-22(28)18-8-7-14(12-19(18)24-23(27)29)21-25-20(26-32-21)15-10-16(30-2)13-17(11-15)31-3/h7-8,10-13H,4-6,9H2,1-3H3,(H,24,29). The topological polar surface area (TPSA) is 112 Å². The van der Waals surface area contributed by atoms with Gasteiger partial charge in [-0.15, -0.1) is 0 Å². The highest BCUT2D eigenvalue weighted by Crippen LogP contribution is 2.30. The van der Waals surface area contributed by atoms with Gasteiger partial charge in [-0.25, -0.2) is 4.79 Å². The summed E-state index contributed by atoms with van der Waals surface area (Å²) < 4.78 is 17.3. The van der Waals surface area contributed by atoms with E-state index in [1.54, 1.807) is 50.6 Å². The van der Waals surface area contributed by atoms with E-state index in [-0.39, 0.29) is 11.4 Å². The largest absolute Gasteiger partial charge is 0.497 e. The number of nitrogens with zero attached hydrogens (tertiary/aromatic N) is 3. The second kappa shape index (κ2) is 9.09. The van der Waals surface area contributed by atoms with E-state index in [0.29, 0.717) is 45.9 Å². The first-order valence-electron chi connectivity index (χ1n) is 10.4. The Morgan fingerprint density at radius 1 is 1.00 bits per heavy atom. The van der Waals surface area contributed by atoms with Crippen molar-refractivity contribution >= 4 is 10.9 Å². The Balaban J connectivity index is 1.70. The lowest BCUT2D eigenvalue weighted by Gasteiger charge is -2.06. The minimum Gasteiger partial charge on any atom is -0.497 e. The number of rotatable bonds is 8. The molecule has 0 saturated carbocycles. The van der Waals surface area contributed by atoms with Crippen LogP contribution in [0.15, 0.2) is 50.5 Å². The predicted octanol–water partition coefficient (Wildman–Crippen LogP) is 3.61. The molecule has 9 nitrogen and oxygen atoms in total. The van der Waals surface area contributed by atoms with E-state index < -0.39 is 5.69 Å². The van der Waals surface area contributed by atoms with E-state index >= 15 is 0 Å².